The molecule has 0 aliphatic rings. The van der Waals surface area contributed by atoms with Crippen LogP contribution in [0.3, 0.4) is 0 Å². The molecule has 1 amide bonds. The Morgan fingerprint density at radius 3 is 2.59 bits per heavy atom. The van der Waals surface area contributed by atoms with Crippen molar-refractivity contribution in [2.24, 2.45) is 0 Å². The SMILES string of the molecule is CC(CNC(=O)CNc1ccccc1)S(C)=O. The molecule has 0 aliphatic heterocycles. The highest BCUT2D eigenvalue weighted by molar-refractivity contribution is 7.84. The van der Waals surface area contributed by atoms with Crippen LogP contribution in [0, 0.1) is 0 Å². The van der Waals surface area contributed by atoms with E-state index in [0.29, 0.717) is 6.54 Å². The summed E-state index contributed by atoms with van der Waals surface area (Å²) in [6, 6.07) is 9.53. The van der Waals surface area contributed by atoms with Crippen LogP contribution in [0.2, 0.25) is 0 Å². The van der Waals surface area contributed by atoms with Gasteiger partial charge in [-0.05, 0) is 19.1 Å². The molecule has 1 rings (SSSR count). The third-order valence-corrected chi connectivity index (χ3v) is 3.68. The Hall–Kier alpha value is -1.36. The van der Waals surface area contributed by atoms with Gasteiger partial charge in [-0.25, -0.2) is 0 Å². The first-order valence-corrected chi connectivity index (χ1v) is 7.09. The second-order valence-corrected chi connectivity index (χ2v) is 5.63. The molecule has 2 N–H and O–H groups in total. The van der Waals surface area contributed by atoms with Crippen molar-refractivity contribution in [1.82, 2.24) is 5.32 Å². The molecule has 1 aromatic rings. The van der Waals surface area contributed by atoms with E-state index in [0.717, 1.165) is 5.69 Å². The number of benzene rings is 1. The summed E-state index contributed by atoms with van der Waals surface area (Å²) in [5.74, 6) is -0.0915. The van der Waals surface area contributed by atoms with E-state index >= 15 is 0 Å². The number of amides is 1. The van der Waals surface area contributed by atoms with Gasteiger partial charge in [0.15, 0.2) is 0 Å². The second-order valence-electron chi connectivity index (χ2n) is 3.83. The number of anilines is 1. The lowest BCUT2D eigenvalue weighted by Crippen LogP contribution is -2.36. The smallest absolute Gasteiger partial charge is 0.239 e. The van der Waals surface area contributed by atoms with E-state index in [4.69, 9.17) is 0 Å². The molecule has 0 bridgehead atoms. The third kappa shape index (κ3) is 5.49. The fourth-order valence-corrected chi connectivity index (χ4v) is 1.49. The first-order valence-electron chi connectivity index (χ1n) is 5.47. The van der Waals surface area contributed by atoms with Crippen molar-refractivity contribution in [3.05, 3.63) is 30.3 Å². The molecule has 0 aromatic heterocycles. The fraction of sp³-hybridized carbons (Fsp3) is 0.417. The van der Waals surface area contributed by atoms with Gasteiger partial charge in [-0.2, -0.15) is 0 Å². The molecule has 5 heteroatoms. The van der Waals surface area contributed by atoms with Crippen LogP contribution in [0.25, 0.3) is 0 Å². The van der Waals surface area contributed by atoms with Gasteiger partial charge in [0.2, 0.25) is 5.91 Å². The van der Waals surface area contributed by atoms with E-state index in [1.165, 1.54) is 0 Å². The summed E-state index contributed by atoms with van der Waals surface area (Å²) in [4.78, 5) is 11.5. The number of rotatable bonds is 6. The van der Waals surface area contributed by atoms with E-state index in [-0.39, 0.29) is 17.7 Å². The molecular formula is C12H18N2O2S. The number of hydrogen-bond donors (Lipinski definition) is 2. The Balaban J connectivity index is 2.24. The number of hydrogen-bond acceptors (Lipinski definition) is 3. The maximum Gasteiger partial charge on any atom is 0.239 e. The molecule has 0 saturated carbocycles. The van der Waals surface area contributed by atoms with E-state index in [2.05, 4.69) is 10.6 Å². The molecule has 0 radical (unpaired) electrons. The zero-order valence-electron chi connectivity index (χ0n) is 10.1. The van der Waals surface area contributed by atoms with Crippen LogP contribution in [0.5, 0.6) is 0 Å². The van der Waals surface area contributed by atoms with Gasteiger partial charge < -0.3 is 10.6 Å². The van der Waals surface area contributed by atoms with Crippen LogP contribution in [-0.4, -0.2) is 34.7 Å². The molecule has 0 aliphatic carbocycles. The minimum atomic E-state index is -0.902. The molecular weight excluding hydrogens is 236 g/mol. The van der Waals surface area contributed by atoms with Crippen molar-refractivity contribution < 1.29 is 9.00 Å². The van der Waals surface area contributed by atoms with Crippen molar-refractivity contribution in [2.45, 2.75) is 12.2 Å². The number of carbonyl (C=O) groups is 1. The van der Waals surface area contributed by atoms with Gasteiger partial charge in [-0.15, -0.1) is 0 Å². The topological polar surface area (TPSA) is 58.2 Å². The van der Waals surface area contributed by atoms with Gasteiger partial charge >= 0.3 is 0 Å². The zero-order chi connectivity index (χ0) is 12.7. The highest BCUT2D eigenvalue weighted by Gasteiger charge is 2.07. The van der Waals surface area contributed by atoms with Gasteiger partial charge in [-0.1, -0.05) is 18.2 Å². The van der Waals surface area contributed by atoms with Crippen molar-refractivity contribution >= 4 is 22.4 Å². The van der Waals surface area contributed by atoms with Crippen molar-refractivity contribution in [1.29, 1.82) is 0 Å². The largest absolute Gasteiger partial charge is 0.376 e. The van der Waals surface area contributed by atoms with Gasteiger partial charge in [-0.3, -0.25) is 9.00 Å². The molecule has 0 spiro atoms. The average molecular weight is 254 g/mol. The highest BCUT2D eigenvalue weighted by Crippen LogP contribution is 2.03. The predicted octanol–water partition coefficient (Wildman–Crippen LogP) is 0.982. The van der Waals surface area contributed by atoms with Crippen molar-refractivity contribution in [3.8, 4) is 0 Å². The van der Waals surface area contributed by atoms with Crippen LogP contribution in [-0.2, 0) is 15.6 Å². The van der Waals surface area contributed by atoms with Crippen LogP contribution in [0.15, 0.2) is 30.3 Å². The van der Waals surface area contributed by atoms with Gasteiger partial charge in [0, 0.05) is 34.5 Å². The van der Waals surface area contributed by atoms with Gasteiger partial charge in [0.05, 0.1) is 6.54 Å². The molecule has 0 fully saturated rings. The summed E-state index contributed by atoms with van der Waals surface area (Å²) >= 11 is 0. The van der Waals surface area contributed by atoms with Crippen LogP contribution in [0.4, 0.5) is 5.69 Å². The van der Waals surface area contributed by atoms with E-state index in [9.17, 15) is 9.00 Å². The molecule has 0 saturated heterocycles. The van der Waals surface area contributed by atoms with E-state index in [1.54, 1.807) is 6.26 Å². The van der Waals surface area contributed by atoms with Crippen molar-refractivity contribution in [2.75, 3.05) is 24.7 Å². The summed E-state index contributed by atoms with van der Waals surface area (Å²) < 4.78 is 11.1. The summed E-state index contributed by atoms with van der Waals surface area (Å²) in [7, 11) is -0.902. The number of carbonyl (C=O) groups excluding carboxylic acids is 1. The minimum Gasteiger partial charge on any atom is -0.376 e. The standard InChI is InChI=1S/C12H18N2O2S/c1-10(17(2)16)8-14-12(15)9-13-11-6-4-3-5-7-11/h3-7,10,13H,8-9H2,1-2H3,(H,14,15). The zero-order valence-corrected chi connectivity index (χ0v) is 10.9. The predicted molar refractivity (Wildman–Crippen MR) is 71.5 cm³/mol. The molecule has 4 nitrogen and oxygen atoms in total. The molecule has 94 valence electrons. The second kappa shape index (κ2) is 7.06. The van der Waals surface area contributed by atoms with Crippen LogP contribution in [0.1, 0.15) is 6.92 Å². The molecule has 2 unspecified atom stereocenters. The lowest BCUT2D eigenvalue weighted by atomic mass is 10.3. The lowest BCUT2D eigenvalue weighted by Gasteiger charge is -2.10. The molecule has 17 heavy (non-hydrogen) atoms. The van der Waals surface area contributed by atoms with Crippen molar-refractivity contribution in [3.63, 3.8) is 0 Å². The van der Waals surface area contributed by atoms with E-state index in [1.807, 2.05) is 37.3 Å². The number of nitrogens with one attached hydrogen (secondary N) is 2. The van der Waals surface area contributed by atoms with Gasteiger partial charge in [0.1, 0.15) is 0 Å². The average Bonchev–Trinajstić information content (AvgIpc) is 2.34. The highest BCUT2D eigenvalue weighted by atomic mass is 32.2. The molecule has 1 aromatic carbocycles. The summed E-state index contributed by atoms with van der Waals surface area (Å²) in [6.07, 6.45) is 1.64. The minimum absolute atomic E-state index is 0.0179. The van der Waals surface area contributed by atoms with Crippen LogP contribution >= 0.6 is 0 Å². The normalized spacial score (nSPS) is 13.8. The third-order valence-electron chi connectivity index (χ3n) is 2.38. The Bertz CT molecular complexity index is 381. The first-order chi connectivity index (χ1) is 8.09. The summed E-state index contributed by atoms with van der Waals surface area (Å²) in [5.41, 5.74) is 0.912. The maximum atomic E-state index is 11.5. The number of para-hydroxylation sites is 1. The lowest BCUT2D eigenvalue weighted by molar-refractivity contribution is -0.119. The fourth-order valence-electron chi connectivity index (χ4n) is 1.18. The maximum absolute atomic E-state index is 11.5. The monoisotopic (exact) mass is 254 g/mol. The quantitative estimate of drug-likeness (QED) is 0.795. The molecule has 0 heterocycles. The van der Waals surface area contributed by atoms with E-state index < -0.39 is 10.8 Å². The Morgan fingerprint density at radius 2 is 2.00 bits per heavy atom. The summed E-state index contributed by atoms with van der Waals surface area (Å²) in [5, 5.41) is 5.73. The Morgan fingerprint density at radius 1 is 1.35 bits per heavy atom. The summed E-state index contributed by atoms with van der Waals surface area (Å²) in [6.45, 7) is 2.52. The first kappa shape index (κ1) is 13.7. The van der Waals surface area contributed by atoms with Gasteiger partial charge in [0.25, 0.3) is 0 Å². The molecule has 2 atom stereocenters. The Labute approximate surface area is 104 Å². The van der Waals surface area contributed by atoms with Crippen LogP contribution < -0.4 is 10.6 Å². The Kier molecular flexibility index (Phi) is 5.69.